The summed E-state index contributed by atoms with van der Waals surface area (Å²) in [5.41, 5.74) is 1.90. The van der Waals surface area contributed by atoms with Crippen LogP contribution in [0.2, 0.25) is 5.02 Å². The van der Waals surface area contributed by atoms with Crippen LogP contribution in [0, 0.1) is 6.92 Å². The van der Waals surface area contributed by atoms with Crippen molar-refractivity contribution < 1.29 is 9.59 Å². The second-order valence-electron chi connectivity index (χ2n) is 5.66. The highest BCUT2D eigenvalue weighted by Gasteiger charge is 2.26. The van der Waals surface area contributed by atoms with Gasteiger partial charge in [0.2, 0.25) is 0 Å². The fraction of sp³-hybridized carbons (Fsp3) is 0.312. The monoisotopic (exact) mass is 347 g/mol. The molecular weight excluding hydrogens is 330 g/mol. The highest BCUT2D eigenvalue weighted by molar-refractivity contribution is 6.30. The molecule has 1 aliphatic rings. The van der Waals surface area contributed by atoms with E-state index in [0.29, 0.717) is 42.6 Å². The maximum atomic E-state index is 12.3. The number of urea groups is 1. The van der Waals surface area contributed by atoms with E-state index in [-0.39, 0.29) is 11.9 Å². The molecule has 1 fully saturated rings. The topological polar surface area (TPSA) is 81.3 Å². The van der Waals surface area contributed by atoms with Gasteiger partial charge in [0.1, 0.15) is 5.69 Å². The van der Waals surface area contributed by atoms with Gasteiger partial charge in [-0.05, 0) is 31.2 Å². The van der Waals surface area contributed by atoms with Crippen molar-refractivity contribution >= 4 is 29.2 Å². The molecule has 1 saturated heterocycles. The summed E-state index contributed by atoms with van der Waals surface area (Å²) >= 11 is 5.91. The number of anilines is 1. The summed E-state index contributed by atoms with van der Waals surface area (Å²) in [4.78, 5) is 28.0. The van der Waals surface area contributed by atoms with Crippen LogP contribution in [-0.2, 0) is 0 Å². The first kappa shape index (κ1) is 16.3. The number of amides is 3. The molecule has 2 aromatic rings. The van der Waals surface area contributed by atoms with E-state index in [4.69, 9.17) is 11.6 Å². The molecule has 1 aromatic heterocycles. The van der Waals surface area contributed by atoms with E-state index in [1.165, 1.54) is 0 Å². The largest absolute Gasteiger partial charge is 0.334 e. The Morgan fingerprint density at radius 1 is 1.17 bits per heavy atom. The zero-order valence-electron chi connectivity index (χ0n) is 13.3. The average Bonchev–Trinajstić information content (AvgIpc) is 3.01. The van der Waals surface area contributed by atoms with Crippen molar-refractivity contribution in [2.45, 2.75) is 6.92 Å². The van der Waals surface area contributed by atoms with Crippen molar-refractivity contribution in [1.29, 1.82) is 0 Å². The number of hydrogen-bond donors (Lipinski definition) is 2. The number of rotatable bonds is 2. The summed E-state index contributed by atoms with van der Waals surface area (Å²) in [5, 5.41) is 10.1. The molecule has 24 heavy (non-hydrogen) atoms. The van der Waals surface area contributed by atoms with Crippen LogP contribution in [-0.4, -0.2) is 58.1 Å². The van der Waals surface area contributed by atoms with E-state index in [0.717, 1.165) is 5.69 Å². The van der Waals surface area contributed by atoms with Gasteiger partial charge >= 0.3 is 6.03 Å². The minimum atomic E-state index is -0.194. The second kappa shape index (κ2) is 6.92. The first-order valence-electron chi connectivity index (χ1n) is 7.66. The molecule has 0 unspecified atom stereocenters. The first-order valence-corrected chi connectivity index (χ1v) is 8.03. The SMILES string of the molecule is Cc1cc(C(=O)N2CCN(C(=O)Nc3cccc(Cl)c3)CC2)n[nH]1. The van der Waals surface area contributed by atoms with Crippen molar-refractivity contribution in [3.05, 3.63) is 46.7 Å². The number of carbonyl (C=O) groups excluding carboxylic acids is 2. The Morgan fingerprint density at radius 2 is 1.88 bits per heavy atom. The van der Waals surface area contributed by atoms with Crippen LogP contribution in [0.4, 0.5) is 10.5 Å². The van der Waals surface area contributed by atoms with E-state index in [9.17, 15) is 9.59 Å². The van der Waals surface area contributed by atoms with Crippen LogP contribution < -0.4 is 5.32 Å². The minimum absolute atomic E-state index is 0.116. The number of carbonyl (C=O) groups is 2. The average molecular weight is 348 g/mol. The summed E-state index contributed by atoms with van der Waals surface area (Å²) in [6.07, 6.45) is 0. The predicted octanol–water partition coefficient (Wildman–Crippen LogP) is 2.36. The van der Waals surface area contributed by atoms with Gasteiger partial charge in [-0.3, -0.25) is 9.89 Å². The Morgan fingerprint density at radius 3 is 2.50 bits per heavy atom. The number of H-pyrrole nitrogens is 1. The molecule has 0 bridgehead atoms. The number of piperazine rings is 1. The Hall–Kier alpha value is -2.54. The molecule has 7 nitrogen and oxygen atoms in total. The van der Waals surface area contributed by atoms with Crippen LogP contribution in [0.5, 0.6) is 0 Å². The van der Waals surface area contributed by atoms with Gasteiger partial charge in [0.25, 0.3) is 5.91 Å². The highest BCUT2D eigenvalue weighted by Crippen LogP contribution is 2.16. The lowest BCUT2D eigenvalue weighted by atomic mass is 10.2. The van der Waals surface area contributed by atoms with Crippen molar-refractivity contribution in [1.82, 2.24) is 20.0 Å². The maximum Gasteiger partial charge on any atom is 0.321 e. The smallest absolute Gasteiger partial charge is 0.321 e. The molecule has 0 atom stereocenters. The number of nitrogens with one attached hydrogen (secondary N) is 2. The molecule has 3 amide bonds. The van der Waals surface area contributed by atoms with Crippen molar-refractivity contribution in [3.8, 4) is 0 Å². The fourth-order valence-electron chi connectivity index (χ4n) is 2.57. The van der Waals surface area contributed by atoms with Gasteiger partial charge in [0.15, 0.2) is 0 Å². The number of benzene rings is 1. The van der Waals surface area contributed by atoms with Gasteiger partial charge < -0.3 is 15.1 Å². The molecule has 0 spiro atoms. The van der Waals surface area contributed by atoms with Crippen molar-refractivity contribution in [2.75, 3.05) is 31.5 Å². The molecular formula is C16H18ClN5O2. The first-order chi connectivity index (χ1) is 11.5. The molecule has 0 radical (unpaired) electrons. The number of nitrogens with zero attached hydrogens (tertiary/aromatic N) is 3. The number of halogens is 1. The van der Waals surface area contributed by atoms with Crippen molar-refractivity contribution in [2.24, 2.45) is 0 Å². The normalized spacial score (nSPS) is 14.6. The number of hydrogen-bond acceptors (Lipinski definition) is 3. The van der Waals surface area contributed by atoms with Crippen LogP contribution in [0.1, 0.15) is 16.2 Å². The zero-order chi connectivity index (χ0) is 17.1. The molecule has 0 saturated carbocycles. The molecule has 126 valence electrons. The molecule has 1 aliphatic heterocycles. The number of aryl methyl sites for hydroxylation is 1. The summed E-state index contributed by atoms with van der Waals surface area (Å²) in [6, 6.07) is 8.53. The maximum absolute atomic E-state index is 12.3. The van der Waals surface area contributed by atoms with Crippen molar-refractivity contribution in [3.63, 3.8) is 0 Å². The Kier molecular flexibility index (Phi) is 4.71. The van der Waals surface area contributed by atoms with Gasteiger partial charge in [0.05, 0.1) is 0 Å². The summed E-state index contributed by atoms with van der Waals surface area (Å²) in [7, 11) is 0. The molecule has 2 N–H and O–H groups in total. The summed E-state index contributed by atoms with van der Waals surface area (Å²) < 4.78 is 0. The molecule has 2 heterocycles. The summed E-state index contributed by atoms with van der Waals surface area (Å²) in [5.74, 6) is -0.116. The second-order valence-corrected chi connectivity index (χ2v) is 6.09. The fourth-order valence-corrected chi connectivity index (χ4v) is 2.76. The molecule has 0 aliphatic carbocycles. The van der Waals surface area contributed by atoms with Gasteiger partial charge in [-0.15, -0.1) is 0 Å². The third kappa shape index (κ3) is 3.68. The van der Waals surface area contributed by atoms with Crippen LogP contribution in [0.25, 0.3) is 0 Å². The summed E-state index contributed by atoms with van der Waals surface area (Å²) in [6.45, 7) is 3.76. The van der Waals surface area contributed by atoms with Gasteiger partial charge in [-0.1, -0.05) is 17.7 Å². The molecule has 3 rings (SSSR count). The van der Waals surface area contributed by atoms with Gasteiger partial charge in [0, 0.05) is 42.6 Å². The highest BCUT2D eigenvalue weighted by atomic mass is 35.5. The lowest BCUT2D eigenvalue weighted by Gasteiger charge is -2.34. The predicted molar refractivity (Wildman–Crippen MR) is 91.3 cm³/mol. The van der Waals surface area contributed by atoms with E-state index >= 15 is 0 Å². The lowest BCUT2D eigenvalue weighted by molar-refractivity contribution is 0.0666. The Labute approximate surface area is 144 Å². The number of aromatic amines is 1. The van der Waals surface area contributed by atoms with Gasteiger partial charge in [-0.25, -0.2) is 4.79 Å². The lowest BCUT2D eigenvalue weighted by Crippen LogP contribution is -2.51. The van der Waals surface area contributed by atoms with Gasteiger partial charge in [-0.2, -0.15) is 5.10 Å². The third-order valence-electron chi connectivity index (χ3n) is 3.86. The van der Waals surface area contributed by atoms with Crippen LogP contribution in [0.15, 0.2) is 30.3 Å². The number of aromatic nitrogens is 2. The zero-order valence-corrected chi connectivity index (χ0v) is 14.0. The van der Waals surface area contributed by atoms with E-state index in [2.05, 4.69) is 15.5 Å². The third-order valence-corrected chi connectivity index (χ3v) is 4.09. The van der Waals surface area contributed by atoms with E-state index < -0.39 is 0 Å². The minimum Gasteiger partial charge on any atom is -0.334 e. The standard InChI is InChI=1S/C16H18ClN5O2/c1-11-9-14(20-19-11)15(23)21-5-7-22(8-6-21)16(24)18-13-4-2-3-12(17)10-13/h2-4,9-10H,5-8H2,1H3,(H,18,24)(H,19,20). The molecule has 1 aromatic carbocycles. The Balaban J connectivity index is 1.54. The Bertz CT molecular complexity index is 752. The van der Waals surface area contributed by atoms with E-state index in [1.54, 1.807) is 40.1 Å². The quantitative estimate of drug-likeness (QED) is 0.875. The van der Waals surface area contributed by atoms with Crippen LogP contribution >= 0.6 is 11.6 Å². The molecule has 8 heteroatoms. The van der Waals surface area contributed by atoms with Crippen LogP contribution in [0.3, 0.4) is 0 Å². The van der Waals surface area contributed by atoms with E-state index in [1.807, 2.05) is 6.92 Å².